The molecule has 0 amide bonds. The van der Waals surface area contributed by atoms with Crippen molar-refractivity contribution in [3.8, 4) is 5.75 Å². The summed E-state index contributed by atoms with van der Waals surface area (Å²) in [7, 11) is 0. The molecule has 1 saturated carbocycles. The molecule has 1 aliphatic rings. The average Bonchev–Trinajstić information content (AvgIpc) is 2.39. The SMILES string of the molecule is NCCC1(Oc2ccc3ccccc3c2Br)CCC1. The third-order valence-corrected chi connectivity index (χ3v) is 4.84. The lowest BCUT2D eigenvalue weighted by Gasteiger charge is -2.42. The Morgan fingerprint density at radius 2 is 1.95 bits per heavy atom. The fourth-order valence-corrected chi connectivity index (χ4v) is 3.34. The van der Waals surface area contributed by atoms with Gasteiger partial charge in [-0.2, -0.15) is 0 Å². The molecule has 1 fully saturated rings. The van der Waals surface area contributed by atoms with Crippen molar-refractivity contribution in [3.05, 3.63) is 40.9 Å². The summed E-state index contributed by atoms with van der Waals surface area (Å²) in [5, 5.41) is 2.42. The molecule has 3 rings (SSSR count). The largest absolute Gasteiger partial charge is 0.486 e. The maximum absolute atomic E-state index is 6.29. The van der Waals surface area contributed by atoms with Crippen molar-refractivity contribution in [3.63, 3.8) is 0 Å². The lowest BCUT2D eigenvalue weighted by atomic mass is 9.77. The predicted octanol–water partition coefficient (Wildman–Crippen LogP) is 4.25. The van der Waals surface area contributed by atoms with E-state index < -0.39 is 0 Å². The van der Waals surface area contributed by atoms with Crippen LogP contribution in [-0.4, -0.2) is 12.1 Å². The monoisotopic (exact) mass is 319 g/mol. The van der Waals surface area contributed by atoms with Crippen LogP contribution < -0.4 is 10.5 Å². The molecular formula is C16H18BrNO. The van der Waals surface area contributed by atoms with Crippen LogP contribution in [0.4, 0.5) is 0 Å². The Kier molecular flexibility index (Phi) is 3.50. The Morgan fingerprint density at radius 1 is 1.16 bits per heavy atom. The second kappa shape index (κ2) is 5.14. The zero-order valence-electron chi connectivity index (χ0n) is 10.9. The number of hydrogen-bond donors (Lipinski definition) is 1. The van der Waals surface area contributed by atoms with Crippen molar-refractivity contribution in [2.45, 2.75) is 31.3 Å². The van der Waals surface area contributed by atoms with Crippen LogP contribution in [0.15, 0.2) is 40.9 Å². The number of hydrogen-bond acceptors (Lipinski definition) is 2. The van der Waals surface area contributed by atoms with Crippen LogP contribution in [-0.2, 0) is 0 Å². The zero-order valence-corrected chi connectivity index (χ0v) is 12.4. The Balaban J connectivity index is 1.95. The summed E-state index contributed by atoms with van der Waals surface area (Å²) in [4.78, 5) is 0. The number of nitrogens with two attached hydrogens (primary N) is 1. The summed E-state index contributed by atoms with van der Waals surface area (Å²) in [6.07, 6.45) is 4.41. The van der Waals surface area contributed by atoms with E-state index >= 15 is 0 Å². The third kappa shape index (κ3) is 2.37. The van der Waals surface area contributed by atoms with Gasteiger partial charge < -0.3 is 10.5 Å². The molecule has 0 bridgehead atoms. The maximum atomic E-state index is 6.29. The summed E-state index contributed by atoms with van der Waals surface area (Å²) < 4.78 is 7.34. The van der Waals surface area contributed by atoms with E-state index in [2.05, 4.69) is 52.3 Å². The van der Waals surface area contributed by atoms with Crippen molar-refractivity contribution in [2.75, 3.05) is 6.54 Å². The minimum atomic E-state index is -0.0280. The van der Waals surface area contributed by atoms with E-state index in [1.54, 1.807) is 0 Å². The van der Waals surface area contributed by atoms with E-state index in [1.807, 2.05) is 0 Å². The minimum Gasteiger partial charge on any atom is -0.486 e. The van der Waals surface area contributed by atoms with Crippen LogP contribution >= 0.6 is 15.9 Å². The fraction of sp³-hybridized carbons (Fsp3) is 0.375. The van der Waals surface area contributed by atoms with Gasteiger partial charge in [0.05, 0.1) is 4.47 Å². The highest BCUT2D eigenvalue weighted by Crippen LogP contribution is 2.42. The maximum Gasteiger partial charge on any atom is 0.134 e. The van der Waals surface area contributed by atoms with Crippen molar-refractivity contribution < 1.29 is 4.74 Å². The Hall–Kier alpha value is -1.06. The molecule has 2 N–H and O–H groups in total. The van der Waals surface area contributed by atoms with Crippen LogP contribution in [0.1, 0.15) is 25.7 Å². The van der Waals surface area contributed by atoms with Crippen molar-refractivity contribution in [1.82, 2.24) is 0 Å². The van der Waals surface area contributed by atoms with Crippen LogP contribution in [0.2, 0.25) is 0 Å². The first kappa shape index (κ1) is 12.9. The summed E-state index contributed by atoms with van der Waals surface area (Å²) in [6, 6.07) is 12.5. The zero-order chi connectivity index (χ0) is 13.3. The molecule has 0 heterocycles. The summed E-state index contributed by atoms with van der Waals surface area (Å²) >= 11 is 3.68. The highest BCUT2D eigenvalue weighted by atomic mass is 79.9. The smallest absolute Gasteiger partial charge is 0.134 e. The van der Waals surface area contributed by atoms with Gasteiger partial charge >= 0.3 is 0 Å². The molecule has 2 aromatic rings. The summed E-state index contributed by atoms with van der Waals surface area (Å²) in [5.41, 5.74) is 5.69. The molecule has 0 aromatic heterocycles. The van der Waals surface area contributed by atoms with Crippen molar-refractivity contribution in [1.29, 1.82) is 0 Å². The van der Waals surface area contributed by atoms with Gasteiger partial charge in [0.2, 0.25) is 0 Å². The number of benzene rings is 2. The number of rotatable bonds is 4. The second-order valence-corrected chi connectivity index (χ2v) is 6.07. The normalized spacial score (nSPS) is 17.2. The molecule has 0 radical (unpaired) electrons. The van der Waals surface area contributed by atoms with Gasteiger partial charge in [-0.1, -0.05) is 30.3 Å². The Labute approximate surface area is 122 Å². The number of fused-ring (bicyclic) bond motifs is 1. The lowest BCUT2D eigenvalue weighted by molar-refractivity contribution is -0.0129. The van der Waals surface area contributed by atoms with Gasteiger partial charge in [-0.25, -0.2) is 0 Å². The predicted molar refractivity (Wildman–Crippen MR) is 82.5 cm³/mol. The molecule has 3 heteroatoms. The molecule has 0 saturated heterocycles. The van der Waals surface area contributed by atoms with Gasteiger partial charge in [-0.15, -0.1) is 0 Å². The van der Waals surface area contributed by atoms with Gasteiger partial charge in [0, 0.05) is 0 Å². The van der Waals surface area contributed by atoms with Gasteiger partial charge in [0.15, 0.2) is 0 Å². The molecule has 0 unspecified atom stereocenters. The van der Waals surface area contributed by atoms with E-state index in [0.717, 1.165) is 29.5 Å². The van der Waals surface area contributed by atoms with Crippen LogP contribution in [0, 0.1) is 0 Å². The molecule has 19 heavy (non-hydrogen) atoms. The average molecular weight is 320 g/mol. The highest BCUT2D eigenvalue weighted by Gasteiger charge is 2.38. The van der Waals surface area contributed by atoms with E-state index in [0.29, 0.717) is 6.54 Å². The van der Waals surface area contributed by atoms with E-state index in [-0.39, 0.29) is 5.60 Å². The minimum absolute atomic E-state index is 0.0280. The van der Waals surface area contributed by atoms with Crippen LogP contribution in [0.5, 0.6) is 5.75 Å². The topological polar surface area (TPSA) is 35.2 Å². The molecular weight excluding hydrogens is 302 g/mol. The molecule has 2 nitrogen and oxygen atoms in total. The van der Waals surface area contributed by atoms with Crippen LogP contribution in [0.25, 0.3) is 10.8 Å². The quantitative estimate of drug-likeness (QED) is 0.914. The van der Waals surface area contributed by atoms with Gasteiger partial charge in [0.25, 0.3) is 0 Å². The van der Waals surface area contributed by atoms with Gasteiger partial charge in [-0.3, -0.25) is 0 Å². The number of ether oxygens (including phenoxy) is 1. The standard InChI is InChI=1S/C16H18BrNO/c17-15-13-5-2-1-4-12(13)6-7-14(15)19-16(10-11-18)8-3-9-16/h1-2,4-7H,3,8-11,18H2. The summed E-state index contributed by atoms with van der Waals surface area (Å²) in [5.74, 6) is 0.937. The van der Waals surface area contributed by atoms with E-state index in [1.165, 1.54) is 17.2 Å². The van der Waals surface area contributed by atoms with Gasteiger partial charge in [-0.05, 0) is 65.0 Å². The van der Waals surface area contributed by atoms with Gasteiger partial charge in [0.1, 0.15) is 11.4 Å². The molecule has 1 aliphatic carbocycles. The second-order valence-electron chi connectivity index (χ2n) is 5.28. The number of halogens is 1. The van der Waals surface area contributed by atoms with Crippen molar-refractivity contribution in [2.24, 2.45) is 5.73 Å². The van der Waals surface area contributed by atoms with Crippen molar-refractivity contribution >= 4 is 26.7 Å². The van der Waals surface area contributed by atoms with Crippen LogP contribution in [0.3, 0.4) is 0 Å². The highest BCUT2D eigenvalue weighted by molar-refractivity contribution is 9.10. The van der Waals surface area contributed by atoms with E-state index in [9.17, 15) is 0 Å². The first-order valence-corrected chi connectivity index (χ1v) is 7.60. The molecule has 0 atom stereocenters. The molecule has 0 aliphatic heterocycles. The first-order chi connectivity index (χ1) is 9.24. The first-order valence-electron chi connectivity index (χ1n) is 6.80. The lowest BCUT2D eigenvalue weighted by Crippen LogP contribution is -2.44. The molecule has 2 aromatic carbocycles. The molecule has 100 valence electrons. The molecule has 0 spiro atoms. The third-order valence-electron chi connectivity index (χ3n) is 4.02. The fourth-order valence-electron chi connectivity index (χ4n) is 2.76. The Bertz CT molecular complexity index is 592. The Morgan fingerprint density at radius 3 is 2.63 bits per heavy atom. The summed E-state index contributed by atoms with van der Waals surface area (Å²) in [6.45, 7) is 0.686. The van der Waals surface area contributed by atoms with E-state index in [4.69, 9.17) is 10.5 Å².